The van der Waals surface area contributed by atoms with Crippen molar-refractivity contribution in [1.29, 1.82) is 0 Å². The number of carbonyl (C=O) groups is 2. The summed E-state index contributed by atoms with van der Waals surface area (Å²) in [6.45, 7) is 7.18. The standard InChI is InChI=1S/C29H28N4O6S/c1-14-5-9-18(10-6-14)22(34)23(35)25-29(38,24(36)19-11-7-15(2)8-12-19)13-20(39-25)33-26-21(27(40)32-28(33)37)30-16(3)17(4)31-26/h5-12,20,23,25,35,38H,13H2,1-4H3,(H,32,37,40)/t20-,23?,25-,29-/m1/s1. The average molecular weight is 561 g/mol. The lowest BCUT2D eigenvalue weighted by molar-refractivity contribution is -0.0908. The van der Waals surface area contributed by atoms with E-state index in [0.29, 0.717) is 11.4 Å². The van der Waals surface area contributed by atoms with E-state index in [1.54, 1.807) is 62.4 Å². The monoisotopic (exact) mass is 560 g/mol. The Bertz CT molecular complexity index is 1760. The van der Waals surface area contributed by atoms with Crippen LogP contribution in [0.25, 0.3) is 11.2 Å². The molecule has 5 rings (SSSR count). The number of carbonyl (C=O) groups excluding carboxylic acids is 2. The van der Waals surface area contributed by atoms with Gasteiger partial charge in [-0.3, -0.25) is 14.6 Å². The Morgan fingerprint density at radius 1 is 1.00 bits per heavy atom. The SMILES string of the molecule is Cc1ccc(C(=O)C(O)[C@H]2O[C@@H](n3c(=O)[nH]c(=S)c4nc(C)c(C)nc43)C[C@@]2(O)C(=O)c2ccc(C)cc2)cc1. The Hall–Kier alpha value is -3.90. The molecule has 3 N–H and O–H groups in total. The molecule has 0 amide bonds. The number of aliphatic hydroxyl groups excluding tert-OH is 1. The minimum Gasteiger partial charge on any atom is -0.382 e. The molecule has 0 bridgehead atoms. The number of Topliss-reactive ketones (excluding diaryl/α,β-unsaturated/α-hetero) is 2. The molecule has 1 aliphatic rings. The number of aliphatic hydroxyl groups is 2. The first kappa shape index (κ1) is 27.7. The molecule has 1 aliphatic heterocycles. The van der Waals surface area contributed by atoms with Crippen LogP contribution in [0.1, 0.15) is 55.9 Å². The fourth-order valence-corrected chi connectivity index (χ4v) is 5.12. The topological polar surface area (TPSA) is 147 Å². The molecule has 40 heavy (non-hydrogen) atoms. The number of hydrogen-bond donors (Lipinski definition) is 3. The van der Waals surface area contributed by atoms with Crippen LogP contribution >= 0.6 is 12.2 Å². The zero-order chi connectivity index (χ0) is 28.9. The third kappa shape index (κ3) is 4.71. The van der Waals surface area contributed by atoms with Gasteiger partial charge in [-0.05, 0) is 27.7 Å². The highest BCUT2D eigenvalue weighted by molar-refractivity contribution is 7.71. The molecule has 206 valence electrons. The molecule has 0 spiro atoms. The highest BCUT2D eigenvalue weighted by Gasteiger charge is 2.58. The molecule has 4 aromatic rings. The number of H-pyrrole nitrogens is 1. The normalized spacial score (nSPS) is 21.4. The number of nitrogens with one attached hydrogen (secondary N) is 1. The number of aryl methyl sites for hydroxylation is 4. The number of fused-ring (bicyclic) bond motifs is 1. The molecular formula is C29H28N4O6S. The molecule has 11 heteroatoms. The van der Waals surface area contributed by atoms with E-state index in [1.165, 1.54) is 0 Å². The van der Waals surface area contributed by atoms with Crippen molar-refractivity contribution < 1.29 is 24.5 Å². The van der Waals surface area contributed by atoms with Gasteiger partial charge >= 0.3 is 5.69 Å². The van der Waals surface area contributed by atoms with Gasteiger partial charge in [0.1, 0.15) is 28.6 Å². The first-order chi connectivity index (χ1) is 18.9. The zero-order valence-corrected chi connectivity index (χ0v) is 23.2. The molecule has 1 fully saturated rings. The summed E-state index contributed by atoms with van der Waals surface area (Å²) in [5, 5.41) is 23.2. The Kier molecular flexibility index (Phi) is 7.09. The van der Waals surface area contributed by atoms with E-state index in [-0.39, 0.29) is 26.9 Å². The molecule has 2 aromatic heterocycles. The first-order valence-corrected chi connectivity index (χ1v) is 13.1. The van der Waals surface area contributed by atoms with Gasteiger partial charge in [-0.1, -0.05) is 71.9 Å². The smallest absolute Gasteiger partial charge is 0.330 e. The molecule has 3 heterocycles. The van der Waals surface area contributed by atoms with Crippen molar-refractivity contribution in [2.24, 2.45) is 0 Å². The Morgan fingerprint density at radius 3 is 2.15 bits per heavy atom. The lowest BCUT2D eigenvalue weighted by Crippen LogP contribution is -2.53. The molecule has 1 saturated heterocycles. The lowest BCUT2D eigenvalue weighted by atomic mass is 9.82. The Morgan fingerprint density at radius 2 is 1.55 bits per heavy atom. The van der Waals surface area contributed by atoms with Crippen LogP contribution in [-0.4, -0.2) is 59.1 Å². The van der Waals surface area contributed by atoms with Gasteiger partial charge in [-0.2, -0.15) is 0 Å². The minimum atomic E-state index is -2.37. The summed E-state index contributed by atoms with van der Waals surface area (Å²) in [7, 11) is 0. The van der Waals surface area contributed by atoms with Crippen molar-refractivity contribution in [3.05, 3.63) is 97.3 Å². The van der Waals surface area contributed by atoms with Crippen LogP contribution in [0.3, 0.4) is 0 Å². The van der Waals surface area contributed by atoms with E-state index >= 15 is 0 Å². The van der Waals surface area contributed by atoms with Gasteiger partial charge in [0.05, 0.1) is 11.4 Å². The predicted octanol–water partition coefficient (Wildman–Crippen LogP) is 3.23. The van der Waals surface area contributed by atoms with E-state index < -0.39 is 47.7 Å². The molecule has 0 radical (unpaired) electrons. The van der Waals surface area contributed by atoms with Crippen LogP contribution in [-0.2, 0) is 4.74 Å². The molecule has 0 saturated carbocycles. The average Bonchev–Trinajstić information content (AvgIpc) is 3.27. The largest absolute Gasteiger partial charge is 0.382 e. The molecule has 0 aliphatic carbocycles. The molecule has 4 atom stereocenters. The third-order valence-corrected chi connectivity index (χ3v) is 7.61. The van der Waals surface area contributed by atoms with Crippen LogP contribution in [0.2, 0.25) is 0 Å². The van der Waals surface area contributed by atoms with E-state index in [4.69, 9.17) is 17.0 Å². The Labute approximate surface area is 234 Å². The van der Waals surface area contributed by atoms with Crippen molar-refractivity contribution in [3.8, 4) is 0 Å². The van der Waals surface area contributed by atoms with Crippen molar-refractivity contribution in [3.63, 3.8) is 0 Å². The quantitative estimate of drug-likeness (QED) is 0.239. The fraction of sp³-hybridized carbons (Fsp3) is 0.310. The second-order valence-electron chi connectivity index (χ2n) is 10.2. The van der Waals surface area contributed by atoms with Crippen LogP contribution < -0.4 is 5.69 Å². The number of nitrogens with zero attached hydrogens (tertiary/aromatic N) is 3. The highest BCUT2D eigenvalue weighted by atomic mass is 32.1. The van der Waals surface area contributed by atoms with Crippen molar-refractivity contribution in [1.82, 2.24) is 19.5 Å². The maximum atomic E-state index is 13.8. The number of aromatic amines is 1. The van der Waals surface area contributed by atoms with E-state index in [1.807, 2.05) is 13.8 Å². The maximum absolute atomic E-state index is 13.8. The molecule has 2 aromatic carbocycles. The summed E-state index contributed by atoms with van der Waals surface area (Å²) >= 11 is 5.30. The number of hydrogen-bond acceptors (Lipinski definition) is 9. The van der Waals surface area contributed by atoms with E-state index in [0.717, 1.165) is 15.7 Å². The zero-order valence-electron chi connectivity index (χ0n) is 22.3. The van der Waals surface area contributed by atoms with Gasteiger partial charge in [0.15, 0.2) is 22.8 Å². The van der Waals surface area contributed by atoms with E-state index in [9.17, 15) is 24.6 Å². The number of rotatable bonds is 6. The second kappa shape index (κ2) is 10.3. The number of aromatic nitrogens is 4. The first-order valence-electron chi connectivity index (χ1n) is 12.7. The van der Waals surface area contributed by atoms with Crippen LogP contribution in [0.15, 0.2) is 53.3 Å². The van der Waals surface area contributed by atoms with Gasteiger partial charge < -0.3 is 14.9 Å². The number of ether oxygens (including phenoxy) is 1. The molecule has 1 unspecified atom stereocenters. The van der Waals surface area contributed by atoms with Gasteiger partial charge in [-0.25, -0.2) is 19.3 Å². The van der Waals surface area contributed by atoms with Crippen molar-refractivity contribution >= 4 is 34.9 Å². The highest BCUT2D eigenvalue weighted by Crippen LogP contribution is 2.41. The summed E-state index contributed by atoms with van der Waals surface area (Å²) in [6.07, 6.45) is -5.36. The van der Waals surface area contributed by atoms with Crippen molar-refractivity contribution in [2.45, 2.75) is 58.2 Å². The minimum absolute atomic E-state index is 0.0713. The van der Waals surface area contributed by atoms with Gasteiger partial charge in [0, 0.05) is 17.5 Å². The van der Waals surface area contributed by atoms with Crippen LogP contribution in [0, 0.1) is 32.3 Å². The van der Waals surface area contributed by atoms with Gasteiger partial charge in [-0.15, -0.1) is 0 Å². The van der Waals surface area contributed by atoms with Crippen molar-refractivity contribution in [2.75, 3.05) is 0 Å². The van der Waals surface area contributed by atoms with Crippen LogP contribution in [0.4, 0.5) is 0 Å². The molecular weight excluding hydrogens is 532 g/mol. The second-order valence-corrected chi connectivity index (χ2v) is 10.6. The maximum Gasteiger partial charge on any atom is 0.330 e. The Balaban J connectivity index is 1.64. The van der Waals surface area contributed by atoms with Gasteiger partial charge in [0.25, 0.3) is 0 Å². The summed E-state index contributed by atoms with van der Waals surface area (Å²) in [4.78, 5) is 51.8. The molecule has 10 nitrogen and oxygen atoms in total. The summed E-state index contributed by atoms with van der Waals surface area (Å²) in [6, 6.07) is 13.0. The number of benzene rings is 2. The number of ketones is 2. The van der Waals surface area contributed by atoms with Crippen LogP contribution in [0.5, 0.6) is 0 Å². The lowest BCUT2D eigenvalue weighted by Gasteiger charge is -2.29. The summed E-state index contributed by atoms with van der Waals surface area (Å²) in [5.41, 5.74) is 0.541. The predicted molar refractivity (Wildman–Crippen MR) is 149 cm³/mol. The third-order valence-electron chi connectivity index (χ3n) is 7.32. The summed E-state index contributed by atoms with van der Waals surface area (Å²) in [5.74, 6) is -1.49. The summed E-state index contributed by atoms with van der Waals surface area (Å²) < 4.78 is 7.24. The fourth-order valence-electron chi connectivity index (χ4n) is 4.89. The van der Waals surface area contributed by atoms with Gasteiger partial charge in [0.2, 0.25) is 0 Å². The van der Waals surface area contributed by atoms with E-state index in [2.05, 4.69) is 15.0 Å².